The van der Waals surface area contributed by atoms with Crippen molar-refractivity contribution in [3.8, 4) is 5.75 Å². The van der Waals surface area contributed by atoms with Crippen molar-refractivity contribution in [1.29, 1.82) is 0 Å². The second-order valence-electron chi connectivity index (χ2n) is 5.47. The van der Waals surface area contributed by atoms with Gasteiger partial charge in [0.15, 0.2) is 0 Å². The van der Waals surface area contributed by atoms with E-state index in [4.69, 9.17) is 0 Å². The molecule has 0 aromatic heterocycles. The molecule has 0 saturated heterocycles. The van der Waals surface area contributed by atoms with Gasteiger partial charge in [-0.25, -0.2) is 0 Å². The van der Waals surface area contributed by atoms with Gasteiger partial charge in [-0.15, -0.1) is 0 Å². The van der Waals surface area contributed by atoms with Gasteiger partial charge in [0.05, 0.1) is 0 Å². The third-order valence-corrected chi connectivity index (χ3v) is 4.08. The molecule has 3 rings (SSSR count). The lowest BCUT2D eigenvalue weighted by atomic mass is 10.0. The summed E-state index contributed by atoms with van der Waals surface area (Å²) >= 11 is 0. The maximum absolute atomic E-state index is 10.1. The number of rotatable bonds is 5. The fourth-order valence-corrected chi connectivity index (χ4v) is 2.94. The fraction of sp³-hybridized carbons (Fsp3) is 0.333. The molecule has 0 bridgehead atoms. The van der Waals surface area contributed by atoms with Crippen molar-refractivity contribution < 1.29 is 5.11 Å². The van der Waals surface area contributed by atoms with E-state index in [1.165, 1.54) is 24.6 Å². The summed E-state index contributed by atoms with van der Waals surface area (Å²) in [6.45, 7) is 1.70. The predicted molar refractivity (Wildman–Crippen MR) is 83.9 cm³/mol. The summed E-state index contributed by atoms with van der Waals surface area (Å²) in [5.41, 5.74) is 2.59. The average molecular weight is 267 g/mol. The van der Waals surface area contributed by atoms with Crippen molar-refractivity contribution in [2.24, 2.45) is 0 Å². The lowest BCUT2D eigenvalue weighted by Crippen LogP contribution is -2.15. The van der Waals surface area contributed by atoms with Gasteiger partial charge >= 0.3 is 0 Å². The summed E-state index contributed by atoms with van der Waals surface area (Å²) < 4.78 is 0. The van der Waals surface area contributed by atoms with Crippen LogP contribution in [0.25, 0.3) is 10.8 Å². The molecule has 0 aliphatic heterocycles. The van der Waals surface area contributed by atoms with Crippen LogP contribution in [0.3, 0.4) is 0 Å². The molecular weight excluding hydrogens is 246 g/mol. The van der Waals surface area contributed by atoms with Crippen LogP contribution >= 0.6 is 0 Å². The zero-order valence-electron chi connectivity index (χ0n) is 11.7. The van der Waals surface area contributed by atoms with Crippen LogP contribution in [-0.2, 0) is 6.54 Å². The Morgan fingerprint density at radius 1 is 1.10 bits per heavy atom. The Kier molecular flexibility index (Phi) is 4.03. The molecule has 0 spiro atoms. The molecule has 0 atom stereocenters. The Morgan fingerprint density at radius 2 is 2.00 bits per heavy atom. The van der Waals surface area contributed by atoms with E-state index in [1.54, 1.807) is 11.6 Å². The maximum atomic E-state index is 10.1. The summed E-state index contributed by atoms with van der Waals surface area (Å²) in [5, 5.41) is 15.8. The van der Waals surface area contributed by atoms with Gasteiger partial charge in [0, 0.05) is 12.1 Å². The van der Waals surface area contributed by atoms with Crippen molar-refractivity contribution >= 4 is 10.8 Å². The lowest BCUT2D eigenvalue weighted by Gasteiger charge is -2.10. The Bertz CT molecular complexity index is 630. The molecule has 0 amide bonds. The number of aromatic hydroxyl groups is 1. The van der Waals surface area contributed by atoms with Crippen molar-refractivity contribution in [1.82, 2.24) is 5.32 Å². The highest BCUT2D eigenvalue weighted by atomic mass is 16.3. The van der Waals surface area contributed by atoms with Gasteiger partial charge < -0.3 is 10.4 Å². The minimum atomic E-state index is 0.385. The number of phenols is 1. The minimum absolute atomic E-state index is 0.385. The normalized spacial score (nSPS) is 14.7. The summed E-state index contributed by atoms with van der Waals surface area (Å²) in [5.74, 6) is 0.385. The maximum Gasteiger partial charge on any atom is 0.120 e. The molecule has 1 aliphatic carbocycles. The van der Waals surface area contributed by atoms with E-state index in [1.807, 2.05) is 18.2 Å². The van der Waals surface area contributed by atoms with Crippen LogP contribution in [0.1, 0.15) is 31.2 Å². The number of phenolic OH excluding ortho intramolecular Hbond substituents is 1. The highest BCUT2D eigenvalue weighted by Crippen LogP contribution is 2.27. The van der Waals surface area contributed by atoms with Gasteiger partial charge in [-0.1, -0.05) is 42.0 Å². The monoisotopic (exact) mass is 267 g/mol. The van der Waals surface area contributed by atoms with Crippen molar-refractivity contribution in [2.75, 3.05) is 6.54 Å². The molecule has 2 N–H and O–H groups in total. The Labute approximate surface area is 120 Å². The number of benzene rings is 2. The van der Waals surface area contributed by atoms with Crippen LogP contribution in [0.4, 0.5) is 0 Å². The van der Waals surface area contributed by atoms with Gasteiger partial charge in [0.25, 0.3) is 0 Å². The standard InChI is InChI=1S/C18H21NO/c20-18-10-9-15-7-3-4-8-16(15)17(18)13-19-12-11-14-5-1-2-6-14/h3-5,7-10,19-20H,1-2,6,11-13H2. The molecule has 2 nitrogen and oxygen atoms in total. The Hall–Kier alpha value is -1.80. The van der Waals surface area contributed by atoms with E-state index < -0.39 is 0 Å². The van der Waals surface area contributed by atoms with Crippen LogP contribution in [0.15, 0.2) is 48.0 Å². The minimum Gasteiger partial charge on any atom is -0.508 e. The molecule has 2 heteroatoms. The van der Waals surface area contributed by atoms with E-state index in [0.717, 1.165) is 30.5 Å². The molecule has 0 heterocycles. The summed E-state index contributed by atoms with van der Waals surface area (Å²) in [7, 11) is 0. The van der Waals surface area contributed by atoms with Gasteiger partial charge in [-0.05, 0) is 49.1 Å². The van der Waals surface area contributed by atoms with Crippen molar-refractivity contribution in [3.05, 3.63) is 53.6 Å². The van der Waals surface area contributed by atoms with Crippen LogP contribution in [0.2, 0.25) is 0 Å². The van der Waals surface area contributed by atoms with E-state index >= 15 is 0 Å². The molecule has 2 aromatic carbocycles. The van der Waals surface area contributed by atoms with Crippen LogP contribution < -0.4 is 5.32 Å². The Morgan fingerprint density at radius 3 is 2.85 bits per heavy atom. The van der Waals surface area contributed by atoms with Crippen LogP contribution in [0, 0.1) is 0 Å². The number of fused-ring (bicyclic) bond motifs is 1. The quantitative estimate of drug-likeness (QED) is 0.630. The van der Waals surface area contributed by atoms with Gasteiger partial charge in [0.2, 0.25) is 0 Å². The second-order valence-corrected chi connectivity index (χ2v) is 5.47. The first kappa shape index (κ1) is 13.2. The third-order valence-electron chi connectivity index (χ3n) is 4.08. The van der Waals surface area contributed by atoms with Gasteiger partial charge in [-0.2, -0.15) is 0 Å². The van der Waals surface area contributed by atoms with Crippen LogP contribution in [0.5, 0.6) is 5.75 Å². The SMILES string of the molecule is Oc1ccc2ccccc2c1CNCCC1=CCCC1. The molecule has 104 valence electrons. The van der Waals surface area contributed by atoms with Gasteiger partial charge in [0.1, 0.15) is 5.75 Å². The first-order chi connectivity index (χ1) is 9.84. The van der Waals surface area contributed by atoms with E-state index in [0.29, 0.717) is 5.75 Å². The molecule has 0 saturated carbocycles. The molecule has 0 radical (unpaired) electrons. The molecule has 20 heavy (non-hydrogen) atoms. The summed E-state index contributed by atoms with van der Waals surface area (Å²) in [4.78, 5) is 0. The molecular formula is C18H21NO. The smallest absolute Gasteiger partial charge is 0.120 e. The summed E-state index contributed by atoms with van der Waals surface area (Å²) in [6.07, 6.45) is 7.34. The fourth-order valence-electron chi connectivity index (χ4n) is 2.94. The topological polar surface area (TPSA) is 32.3 Å². The van der Waals surface area contributed by atoms with Crippen LogP contribution in [-0.4, -0.2) is 11.7 Å². The zero-order valence-corrected chi connectivity index (χ0v) is 11.7. The molecule has 2 aromatic rings. The number of allylic oxidation sites excluding steroid dienone is 1. The number of hydrogen-bond donors (Lipinski definition) is 2. The Balaban J connectivity index is 1.66. The number of hydrogen-bond acceptors (Lipinski definition) is 2. The van der Waals surface area contributed by atoms with E-state index in [2.05, 4.69) is 23.5 Å². The van der Waals surface area contributed by atoms with Gasteiger partial charge in [-0.3, -0.25) is 0 Å². The molecule has 0 unspecified atom stereocenters. The highest BCUT2D eigenvalue weighted by molar-refractivity contribution is 5.87. The first-order valence-corrected chi connectivity index (χ1v) is 7.43. The second kappa shape index (κ2) is 6.10. The third kappa shape index (κ3) is 2.86. The molecule has 0 fully saturated rings. The summed E-state index contributed by atoms with van der Waals surface area (Å²) in [6, 6.07) is 12.0. The lowest BCUT2D eigenvalue weighted by molar-refractivity contribution is 0.466. The average Bonchev–Trinajstić information content (AvgIpc) is 2.98. The van der Waals surface area contributed by atoms with Crippen molar-refractivity contribution in [2.45, 2.75) is 32.2 Å². The highest BCUT2D eigenvalue weighted by Gasteiger charge is 2.07. The van der Waals surface area contributed by atoms with Crippen molar-refractivity contribution in [3.63, 3.8) is 0 Å². The van der Waals surface area contributed by atoms with E-state index in [9.17, 15) is 5.11 Å². The first-order valence-electron chi connectivity index (χ1n) is 7.43. The molecule has 1 aliphatic rings. The zero-order chi connectivity index (χ0) is 13.8. The van der Waals surface area contributed by atoms with E-state index in [-0.39, 0.29) is 0 Å². The number of nitrogens with one attached hydrogen (secondary N) is 1. The predicted octanol–water partition coefficient (Wildman–Crippen LogP) is 4.14. The largest absolute Gasteiger partial charge is 0.508 e.